The number of rotatable bonds is 5. The van der Waals surface area contributed by atoms with Crippen molar-refractivity contribution < 1.29 is 13.2 Å². The molecule has 1 saturated heterocycles. The first-order valence-corrected chi connectivity index (χ1v) is 10.0. The third-order valence-electron chi connectivity index (χ3n) is 4.51. The Labute approximate surface area is 143 Å². The third kappa shape index (κ3) is 3.73. The lowest BCUT2D eigenvalue weighted by Gasteiger charge is -2.17. The molecule has 0 radical (unpaired) electrons. The number of aryl methyl sites for hydroxylation is 1. The number of nitrogens with zero attached hydrogens (tertiary/aromatic N) is 1. The first-order chi connectivity index (χ1) is 10.7. The van der Waals surface area contributed by atoms with Crippen LogP contribution in [0.1, 0.15) is 18.4 Å². The SMILES string of the molecule is Cc1ccc(Br)nc1NC(=O)[C@@H]1C[C@@]2(CNS(C)(=O)=O)C[C@H]2N1. The number of piperidine rings is 1. The molecule has 0 bridgehead atoms. The van der Waals surface area contributed by atoms with Gasteiger partial charge in [0.25, 0.3) is 0 Å². The number of halogens is 1. The minimum Gasteiger partial charge on any atom is -0.309 e. The molecule has 3 rings (SSSR count). The second-order valence-electron chi connectivity index (χ2n) is 6.42. The van der Waals surface area contributed by atoms with Crippen LogP contribution in [0.25, 0.3) is 0 Å². The van der Waals surface area contributed by atoms with Crippen LogP contribution in [0.2, 0.25) is 0 Å². The second-order valence-corrected chi connectivity index (χ2v) is 9.07. The zero-order chi connectivity index (χ0) is 16.8. The van der Waals surface area contributed by atoms with Gasteiger partial charge in [0.15, 0.2) is 0 Å². The molecular weight excluding hydrogens is 384 g/mol. The van der Waals surface area contributed by atoms with Crippen molar-refractivity contribution in [1.82, 2.24) is 15.0 Å². The van der Waals surface area contributed by atoms with E-state index in [0.29, 0.717) is 23.4 Å². The lowest BCUT2D eigenvalue weighted by atomic mass is 9.99. The number of pyridine rings is 1. The van der Waals surface area contributed by atoms with Gasteiger partial charge >= 0.3 is 0 Å². The molecule has 1 saturated carbocycles. The van der Waals surface area contributed by atoms with Gasteiger partial charge in [-0.1, -0.05) is 6.07 Å². The van der Waals surface area contributed by atoms with Crippen LogP contribution >= 0.6 is 15.9 Å². The Bertz CT molecular complexity index is 754. The van der Waals surface area contributed by atoms with Gasteiger partial charge < -0.3 is 10.6 Å². The van der Waals surface area contributed by atoms with Crippen LogP contribution in [0.3, 0.4) is 0 Å². The Hall–Kier alpha value is -1.03. The maximum Gasteiger partial charge on any atom is 0.242 e. The van der Waals surface area contributed by atoms with Gasteiger partial charge in [0, 0.05) is 18.0 Å². The van der Waals surface area contributed by atoms with Crippen molar-refractivity contribution in [1.29, 1.82) is 0 Å². The average Bonchev–Trinajstić information content (AvgIpc) is 3.01. The molecule has 2 fully saturated rings. The number of amides is 1. The van der Waals surface area contributed by atoms with E-state index < -0.39 is 10.0 Å². The monoisotopic (exact) mass is 402 g/mol. The van der Waals surface area contributed by atoms with E-state index in [1.807, 2.05) is 19.1 Å². The highest BCUT2D eigenvalue weighted by Gasteiger charge is 2.61. The fourth-order valence-corrected chi connectivity index (χ4v) is 3.92. The lowest BCUT2D eigenvalue weighted by Crippen LogP contribution is -2.38. The van der Waals surface area contributed by atoms with Crippen LogP contribution < -0.4 is 15.4 Å². The van der Waals surface area contributed by atoms with Crippen molar-refractivity contribution in [3.63, 3.8) is 0 Å². The largest absolute Gasteiger partial charge is 0.309 e. The summed E-state index contributed by atoms with van der Waals surface area (Å²) in [5.41, 5.74) is 0.753. The minimum absolute atomic E-state index is 0.134. The highest BCUT2D eigenvalue weighted by Crippen LogP contribution is 2.54. The molecule has 1 amide bonds. The fraction of sp³-hybridized carbons (Fsp3) is 0.571. The maximum absolute atomic E-state index is 12.4. The van der Waals surface area contributed by atoms with Crippen LogP contribution in [0.4, 0.5) is 5.82 Å². The first-order valence-electron chi connectivity index (χ1n) is 7.33. The summed E-state index contributed by atoms with van der Waals surface area (Å²) in [6.45, 7) is 2.26. The van der Waals surface area contributed by atoms with Crippen LogP contribution in [0.5, 0.6) is 0 Å². The standard InChI is InChI=1S/C14H19BrN4O3S/c1-8-3-4-11(15)18-12(8)19-13(20)9-5-14(6-10(14)17-9)7-16-23(2,21)22/h3-4,9-10,16-17H,5-7H2,1-2H3,(H,18,19,20)/t9-,10+,14-/m0/s1. The van der Waals surface area contributed by atoms with E-state index in [0.717, 1.165) is 18.2 Å². The predicted octanol–water partition coefficient (Wildman–Crippen LogP) is 0.761. The Morgan fingerprint density at radius 2 is 2.22 bits per heavy atom. The number of carbonyl (C=O) groups excluding carboxylic acids is 1. The molecule has 1 aromatic rings. The second kappa shape index (κ2) is 5.80. The topological polar surface area (TPSA) is 100 Å². The van der Waals surface area contributed by atoms with Crippen molar-refractivity contribution in [2.24, 2.45) is 5.41 Å². The molecule has 0 spiro atoms. The number of nitrogens with one attached hydrogen (secondary N) is 3. The summed E-state index contributed by atoms with van der Waals surface area (Å²) in [6, 6.07) is 3.57. The highest BCUT2D eigenvalue weighted by atomic mass is 79.9. The first kappa shape index (κ1) is 16.8. The third-order valence-corrected chi connectivity index (χ3v) is 5.62. The molecule has 3 N–H and O–H groups in total. The quantitative estimate of drug-likeness (QED) is 0.631. The van der Waals surface area contributed by atoms with E-state index in [2.05, 4.69) is 36.3 Å². The summed E-state index contributed by atoms with van der Waals surface area (Å²) in [4.78, 5) is 16.7. The normalized spacial score (nSPS) is 29.2. The van der Waals surface area contributed by atoms with Crippen molar-refractivity contribution in [2.75, 3.05) is 18.1 Å². The molecule has 7 nitrogen and oxygen atoms in total. The summed E-state index contributed by atoms with van der Waals surface area (Å²) >= 11 is 3.29. The van der Waals surface area contributed by atoms with Gasteiger partial charge in [-0.2, -0.15) is 0 Å². The van der Waals surface area contributed by atoms with Crippen molar-refractivity contribution in [3.05, 3.63) is 22.3 Å². The Morgan fingerprint density at radius 3 is 2.91 bits per heavy atom. The molecule has 0 unspecified atom stereocenters. The molecule has 9 heteroatoms. The van der Waals surface area contributed by atoms with E-state index in [4.69, 9.17) is 0 Å². The molecule has 3 atom stereocenters. The zero-order valence-corrected chi connectivity index (χ0v) is 15.3. The van der Waals surface area contributed by atoms with E-state index in [-0.39, 0.29) is 23.4 Å². The number of fused-ring (bicyclic) bond motifs is 1. The number of sulfonamides is 1. The van der Waals surface area contributed by atoms with E-state index in [1.54, 1.807) is 0 Å². The fourth-order valence-electron chi connectivity index (χ4n) is 3.06. The molecule has 1 aliphatic carbocycles. The van der Waals surface area contributed by atoms with Crippen molar-refractivity contribution in [2.45, 2.75) is 31.8 Å². The Kier molecular flexibility index (Phi) is 4.24. The number of carbonyl (C=O) groups is 1. The van der Waals surface area contributed by atoms with E-state index in [1.165, 1.54) is 0 Å². The Morgan fingerprint density at radius 1 is 1.48 bits per heavy atom. The predicted molar refractivity (Wildman–Crippen MR) is 90.5 cm³/mol. The summed E-state index contributed by atoms with van der Waals surface area (Å²) in [7, 11) is -3.21. The average molecular weight is 403 g/mol. The van der Waals surface area contributed by atoms with Crippen LogP contribution in [-0.4, -0.2) is 44.2 Å². The van der Waals surface area contributed by atoms with Gasteiger partial charge in [0.1, 0.15) is 10.4 Å². The molecule has 1 aliphatic heterocycles. The summed E-state index contributed by atoms with van der Waals surface area (Å²) in [5.74, 6) is 0.402. The Balaban J connectivity index is 1.61. The van der Waals surface area contributed by atoms with Crippen LogP contribution in [-0.2, 0) is 14.8 Å². The molecule has 23 heavy (non-hydrogen) atoms. The summed E-state index contributed by atoms with van der Waals surface area (Å²) < 4.78 is 25.7. The molecule has 0 aromatic carbocycles. The smallest absolute Gasteiger partial charge is 0.242 e. The minimum atomic E-state index is -3.21. The molecule has 2 aliphatic rings. The number of hydrogen-bond acceptors (Lipinski definition) is 5. The lowest BCUT2D eigenvalue weighted by molar-refractivity contribution is -0.118. The number of hydrogen-bond donors (Lipinski definition) is 3. The van der Waals surface area contributed by atoms with Gasteiger partial charge in [0.2, 0.25) is 15.9 Å². The van der Waals surface area contributed by atoms with E-state index in [9.17, 15) is 13.2 Å². The zero-order valence-electron chi connectivity index (χ0n) is 12.9. The molecule has 2 heterocycles. The maximum atomic E-state index is 12.4. The number of anilines is 1. The van der Waals surface area contributed by atoms with Gasteiger partial charge in [-0.05, 0) is 47.3 Å². The summed E-state index contributed by atoms with van der Waals surface area (Å²) in [5, 5.41) is 6.12. The molecule has 126 valence electrons. The number of aromatic nitrogens is 1. The van der Waals surface area contributed by atoms with Crippen LogP contribution in [0, 0.1) is 12.3 Å². The molecule has 1 aromatic heterocycles. The molecular formula is C14H19BrN4O3S. The highest BCUT2D eigenvalue weighted by molar-refractivity contribution is 9.10. The van der Waals surface area contributed by atoms with Gasteiger partial charge in [-0.25, -0.2) is 18.1 Å². The van der Waals surface area contributed by atoms with E-state index >= 15 is 0 Å². The van der Waals surface area contributed by atoms with Gasteiger partial charge in [-0.15, -0.1) is 0 Å². The van der Waals surface area contributed by atoms with Gasteiger partial charge in [-0.3, -0.25) is 4.79 Å². The summed E-state index contributed by atoms with van der Waals surface area (Å²) in [6.07, 6.45) is 2.67. The van der Waals surface area contributed by atoms with Crippen molar-refractivity contribution >= 4 is 37.7 Å². The van der Waals surface area contributed by atoms with Crippen molar-refractivity contribution in [3.8, 4) is 0 Å². The van der Waals surface area contributed by atoms with Crippen LogP contribution in [0.15, 0.2) is 16.7 Å². The van der Waals surface area contributed by atoms with Gasteiger partial charge in [0.05, 0.1) is 12.3 Å².